The van der Waals surface area contributed by atoms with Gasteiger partial charge in [-0.3, -0.25) is 9.59 Å². The number of nitrogens with zero attached hydrogens (tertiary/aromatic N) is 1. The van der Waals surface area contributed by atoms with Crippen molar-refractivity contribution in [1.82, 2.24) is 9.62 Å². The topological polar surface area (TPSA) is 95.6 Å². The Kier molecular flexibility index (Phi) is 7.92. The second-order valence-electron chi connectivity index (χ2n) is 8.81. The van der Waals surface area contributed by atoms with Crippen LogP contribution in [0.25, 0.3) is 0 Å². The second kappa shape index (κ2) is 10.5. The van der Waals surface area contributed by atoms with Gasteiger partial charge < -0.3 is 10.6 Å². The molecule has 8 heteroatoms. The quantitative estimate of drug-likeness (QED) is 0.629. The predicted molar refractivity (Wildman–Crippen MR) is 130 cm³/mol. The first-order valence-corrected chi connectivity index (χ1v) is 12.8. The Labute approximate surface area is 196 Å². The highest BCUT2D eigenvalue weighted by molar-refractivity contribution is 7.89. The third-order valence-electron chi connectivity index (χ3n) is 6.11. The van der Waals surface area contributed by atoms with Crippen LogP contribution in [-0.4, -0.2) is 43.7 Å². The Morgan fingerprint density at radius 1 is 0.970 bits per heavy atom. The minimum Gasteiger partial charge on any atom is -0.348 e. The fourth-order valence-electron chi connectivity index (χ4n) is 4.59. The second-order valence-corrected chi connectivity index (χ2v) is 10.6. The minimum absolute atomic E-state index is 0.219. The SMILES string of the molecule is Cc1cc(C)c(S(=O)(=O)N2CCCC[C@H]2CCNC(=O)C(=O)Nc2ccccc2C)c(C)c1. The van der Waals surface area contributed by atoms with Crippen molar-refractivity contribution in [3.8, 4) is 0 Å². The van der Waals surface area contributed by atoms with Crippen molar-refractivity contribution < 1.29 is 18.0 Å². The van der Waals surface area contributed by atoms with E-state index in [2.05, 4.69) is 10.6 Å². The highest BCUT2D eigenvalue weighted by atomic mass is 32.2. The summed E-state index contributed by atoms with van der Waals surface area (Å²) in [5, 5.41) is 5.25. The fraction of sp³-hybridized carbons (Fsp3) is 0.440. The van der Waals surface area contributed by atoms with E-state index in [0.29, 0.717) is 23.5 Å². The molecule has 33 heavy (non-hydrogen) atoms. The zero-order valence-corrected chi connectivity index (χ0v) is 20.6. The highest BCUT2D eigenvalue weighted by Gasteiger charge is 2.35. The molecule has 0 bridgehead atoms. The summed E-state index contributed by atoms with van der Waals surface area (Å²) in [6, 6.07) is 10.8. The monoisotopic (exact) mass is 471 g/mol. The number of carbonyl (C=O) groups excluding carboxylic acids is 2. The lowest BCUT2D eigenvalue weighted by molar-refractivity contribution is -0.136. The van der Waals surface area contributed by atoms with E-state index in [4.69, 9.17) is 0 Å². The van der Waals surface area contributed by atoms with Gasteiger partial charge in [0.25, 0.3) is 0 Å². The largest absolute Gasteiger partial charge is 0.348 e. The number of sulfonamides is 1. The van der Waals surface area contributed by atoms with Crippen molar-refractivity contribution in [2.45, 2.75) is 64.3 Å². The van der Waals surface area contributed by atoms with Gasteiger partial charge in [0.2, 0.25) is 10.0 Å². The van der Waals surface area contributed by atoms with Gasteiger partial charge in [-0.05, 0) is 69.7 Å². The molecule has 2 N–H and O–H groups in total. The molecule has 1 fully saturated rings. The molecule has 3 rings (SSSR count). The lowest BCUT2D eigenvalue weighted by Gasteiger charge is -2.35. The van der Waals surface area contributed by atoms with Crippen molar-refractivity contribution in [3.63, 3.8) is 0 Å². The minimum atomic E-state index is -3.66. The maximum absolute atomic E-state index is 13.6. The van der Waals surface area contributed by atoms with Gasteiger partial charge in [-0.1, -0.05) is 42.3 Å². The molecule has 7 nitrogen and oxygen atoms in total. The van der Waals surface area contributed by atoms with Crippen LogP contribution in [0.15, 0.2) is 41.3 Å². The lowest BCUT2D eigenvalue weighted by Crippen LogP contribution is -2.46. The first-order chi connectivity index (χ1) is 15.6. The van der Waals surface area contributed by atoms with Gasteiger partial charge in [0.1, 0.15) is 0 Å². The fourth-order valence-corrected chi connectivity index (χ4v) is 6.73. The number of hydrogen-bond donors (Lipinski definition) is 2. The Bertz CT molecular complexity index is 1120. The van der Waals surface area contributed by atoms with Crippen LogP contribution >= 0.6 is 0 Å². The molecular weight excluding hydrogens is 438 g/mol. The summed E-state index contributed by atoms with van der Waals surface area (Å²) in [5.41, 5.74) is 3.98. The summed E-state index contributed by atoms with van der Waals surface area (Å²) in [4.78, 5) is 24.9. The lowest BCUT2D eigenvalue weighted by atomic mass is 10.0. The number of nitrogens with one attached hydrogen (secondary N) is 2. The molecule has 2 aromatic rings. The zero-order valence-electron chi connectivity index (χ0n) is 19.8. The van der Waals surface area contributed by atoms with Crippen molar-refractivity contribution in [3.05, 3.63) is 58.7 Å². The Hall–Kier alpha value is -2.71. The molecule has 1 aliphatic rings. The van der Waals surface area contributed by atoms with Crippen LogP contribution < -0.4 is 10.6 Å². The van der Waals surface area contributed by atoms with Crippen molar-refractivity contribution in [2.24, 2.45) is 0 Å². The average molecular weight is 472 g/mol. The zero-order chi connectivity index (χ0) is 24.2. The summed E-state index contributed by atoms with van der Waals surface area (Å²) >= 11 is 0. The first-order valence-electron chi connectivity index (χ1n) is 11.4. The number of amides is 2. The van der Waals surface area contributed by atoms with E-state index in [9.17, 15) is 18.0 Å². The molecule has 0 unspecified atom stereocenters. The molecule has 0 radical (unpaired) electrons. The molecule has 178 valence electrons. The molecule has 1 saturated heterocycles. The van der Waals surface area contributed by atoms with Crippen LogP contribution in [0.3, 0.4) is 0 Å². The van der Waals surface area contributed by atoms with Crippen LogP contribution in [0.4, 0.5) is 5.69 Å². The van der Waals surface area contributed by atoms with Gasteiger partial charge in [0.05, 0.1) is 4.90 Å². The standard InChI is InChI=1S/C25H33N3O4S/c1-17-15-19(3)23(20(4)16-17)33(31,32)28-14-8-7-10-21(28)12-13-26-24(29)25(30)27-22-11-6-5-9-18(22)2/h5-6,9,11,15-16,21H,7-8,10,12-14H2,1-4H3,(H,26,29)(H,27,30)/t21-/m0/s1. The van der Waals surface area contributed by atoms with E-state index in [-0.39, 0.29) is 12.6 Å². The number of carbonyl (C=O) groups is 2. The Morgan fingerprint density at radius 3 is 2.30 bits per heavy atom. The number of hydrogen-bond acceptors (Lipinski definition) is 4. The summed E-state index contributed by atoms with van der Waals surface area (Å²) in [6.07, 6.45) is 2.93. The number of benzene rings is 2. The Balaban J connectivity index is 1.65. The number of piperidine rings is 1. The van der Waals surface area contributed by atoms with Gasteiger partial charge in [0, 0.05) is 24.8 Å². The molecule has 0 spiro atoms. The molecule has 2 amide bonds. The normalized spacial score (nSPS) is 16.9. The highest BCUT2D eigenvalue weighted by Crippen LogP contribution is 2.31. The van der Waals surface area contributed by atoms with Crippen LogP contribution in [0.1, 0.15) is 47.9 Å². The smallest absolute Gasteiger partial charge is 0.313 e. The maximum Gasteiger partial charge on any atom is 0.313 e. The summed E-state index contributed by atoms with van der Waals surface area (Å²) < 4.78 is 28.7. The summed E-state index contributed by atoms with van der Waals surface area (Å²) in [6.45, 7) is 8.16. The predicted octanol–water partition coefficient (Wildman–Crippen LogP) is 3.61. The number of aryl methyl sites for hydroxylation is 4. The average Bonchev–Trinajstić information content (AvgIpc) is 2.74. The van der Waals surface area contributed by atoms with E-state index >= 15 is 0 Å². The van der Waals surface area contributed by atoms with Gasteiger partial charge >= 0.3 is 11.8 Å². The summed E-state index contributed by atoms with van der Waals surface area (Å²) in [7, 11) is -3.66. The molecule has 0 saturated carbocycles. The first kappa shape index (κ1) is 24.9. The maximum atomic E-state index is 13.6. The van der Waals surface area contributed by atoms with Gasteiger partial charge in [-0.25, -0.2) is 8.42 Å². The van der Waals surface area contributed by atoms with E-state index in [1.807, 2.05) is 52.0 Å². The molecule has 1 atom stereocenters. The van der Waals surface area contributed by atoms with Crippen molar-refractivity contribution in [2.75, 3.05) is 18.4 Å². The van der Waals surface area contributed by atoms with Gasteiger partial charge in [-0.2, -0.15) is 4.31 Å². The third-order valence-corrected chi connectivity index (χ3v) is 8.37. The number of anilines is 1. The third kappa shape index (κ3) is 5.81. The van der Waals surface area contributed by atoms with Crippen molar-refractivity contribution in [1.29, 1.82) is 0 Å². The van der Waals surface area contributed by atoms with Crippen LogP contribution in [-0.2, 0) is 19.6 Å². The van der Waals surface area contributed by atoms with Gasteiger partial charge in [0.15, 0.2) is 0 Å². The van der Waals surface area contributed by atoms with E-state index in [0.717, 1.165) is 41.5 Å². The molecular formula is C25H33N3O4S. The molecule has 0 aromatic heterocycles. The van der Waals surface area contributed by atoms with Crippen LogP contribution in [0, 0.1) is 27.7 Å². The van der Waals surface area contributed by atoms with Crippen LogP contribution in [0.5, 0.6) is 0 Å². The number of para-hydroxylation sites is 1. The summed E-state index contributed by atoms with van der Waals surface area (Å²) in [5.74, 6) is -1.46. The molecule has 1 aliphatic heterocycles. The molecule has 0 aliphatic carbocycles. The van der Waals surface area contributed by atoms with Crippen molar-refractivity contribution >= 4 is 27.5 Å². The Morgan fingerprint density at radius 2 is 1.64 bits per heavy atom. The molecule has 1 heterocycles. The van der Waals surface area contributed by atoms with Crippen LogP contribution in [0.2, 0.25) is 0 Å². The number of rotatable bonds is 6. The van der Waals surface area contributed by atoms with Gasteiger partial charge in [-0.15, -0.1) is 0 Å². The molecule has 2 aromatic carbocycles. The van der Waals surface area contributed by atoms with E-state index in [1.165, 1.54) is 0 Å². The van der Waals surface area contributed by atoms with E-state index in [1.54, 1.807) is 16.4 Å². The van der Waals surface area contributed by atoms with E-state index < -0.39 is 21.8 Å².